The van der Waals surface area contributed by atoms with E-state index >= 15 is 0 Å². The second kappa shape index (κ2) is 6.36. The van der Waals surface area contributed by atoms with Crippen molar-refractivity contribution in [1.82, 2.24) is 9.97 Å². The average Bonchev–Trinajstić information content (AvgIpc) is 3.44. The maximum Gasteiger partial charge on any atom is 0.232 e. The molecular formula is C26H22N2O4. The lowest BCUT2D eigenvalue weighted by atomic mass is 9.89. The van der Waals surface area contributed by atoms with E-state index in [9.17, 15) is 19.2 Å². The molecule has 6 rings (SSSR count). The van der Waals surface area contributed by atoms with Crippen molar-refractivity contribution in [1.29, 1.82) is 0 Å². The molecule has 0 radical (unpaired) electrons. The Morgan fingerprint density at radius 3 is 1.28 bits per heavy atom. The molecule has 0 spiro atoms. The van der Waals surface area contributed by atoms with E-state index in [1.807, 2.05) is 48.5 Å². The Morgan fingerprint density at radius 1 is 0.562 bits per heavy atom. The lowest BCUT2D eigenvalue weighted by Gasteiger charge is -2.13. The van der Waals surface area contributed by atoms with Gasteiger partial charge in [0.05, 0.1) is 22.0 Å². The smallest absolute Gasteiger partial charge is 0.232 e. The molecule has 0 saturated carbocycles. The highest BCUT2D eigenvalue weighted by Gasteiger charge is 2.48. The number of hydrogen-bond donors (Lipinski definition) is 2. The van der Waals surface area contributed by atoms with Crippen molar-refractivity contribution in [2.24, 2.45) is 0 Å². The van der Waals surface area contributed by atoms with Crippen LogP contribution in [0.3, 0.4) is 0 Å². The van der Waals surface area contributed by atoms with E-state index in [0.717, 1.165) is 33.2 Å². The molecule has 0 saturated heterocycles. The number of nitrogens with one attached hydrogen (secondary N) is 2. The molecule has 4 aromatic rings. The Balaban J connectivity index is 0.000000135. The third-order valence-corrected chi connectivity index (χ3v) is 6.66. The number of hydrogen-bond acceptors (Lipinski definition) is 4. The number of rotatable bonds is 0. The molecule has 0 aliphatic heterocycles. The molecule has 32 heavy (non-hydrogen) atoms. The zero-order chi connectivity index (χ0) is 23.0. The number of ketones is 4. The van der Waals surface area contributed by atoms with E-state index in [1.54, 1.807) is 27.7 Å². The van der Waals surface area contributed by atoms with Crippen LogP contribution < -0.4 is 0 Å². The number of aromatic nitrogens is 2. The highest BCUT2D eigenvalue weighted by molar-refractivity contribution is 6.52. The van der Waals surface area contributed by atoms with Gasteiger partial charge in [0.1, 0.15) is 0 Å². The van der Waals surface area contributed by atoms with Crippen LogP contribution in [0.2, 0.25) is 0 Å². The number of benzene rings is 2. The molecule has 0 fully saturated rings. The van der Waals surface area contributed by atoms with E-state index in [2.05, 4.69) is 9.97 Å². The van der Waals surface area contributed by atoms with Gasteiger partial charge in [0.2, 0.25) is 23.1 Å². The summed E-state index contributed by atoms with van der Waals surface area (Å²) in [6.45, 7) is 7.14. The predicted molar refractivity (Wildman–Crippen MR) is 121 cm³/mol. The summed E-state index contributed by atoms with van der Waals surface area (Å²) in [5, 5.41) is 1.70. The first kappa shape index (κ1) is 20.1. The quantitative estimate of drug-likeness (QED) is 0.407. The highest BCUT2D eigenvalue weighted by Crippen LogP contribution is 2.40. The van der Waals surface area contributed by atoms with Gasteiger partial charge in [-0.3, -0.25) is 19.2 Å². The zero-order valence-electron chi connectivity index (χ0n) is 18.3. The van der Waals surface area contributed by atoms with Gasteiger partial charge < -0.3 is 9.97 Å². The molecule has 0 amide bonds. The second-order valence-corrected chi connectivity index (χ2v) is 9.41. The number of H-pyrrole nitrogens is 2. The topological polar surface area (TPSA) is 99.9 Å². The molecule has 160 valence electrons. The van der Waals surface area contributed by atoms with Gasteiger partial charge in [-0.05, 0) is 39.8 Å². The van der Waals surface area contributed by atoms with Crippen molar-refractivity contribution in [2.45, 2.75) is 38.5 Å². The lowest BCUT2D eigenvalue weighted by Crippen LogP contribution is -2.27. The summed E-state index contributed by atoms with van der Waals surface area (Å²) < 4.78 is 0. The average molecular weight is 426 g/mol. The van der Waals surface area contributed by atoms with Crippen LogP contribution in [-0.2, 0) is 20.4 Å². The lowest BCUT2D eigenvalue weighted by molar-refractivity contribution is -0.119. The third kappa shape index (κ3) is 2.46. The fraction of sp³-hybridized carbons (Fsp3) is 0.231. The van der Waals surface area contributed by atoms with Gasteiger partial charge in [0, 0.05) is 33.2 Å². The molecule has 2 aliphatic rings. The van der Waals surface area contributed by atoms with Crippen molar-refractivity contribution in [3.05, 3.63) is 71.0 Å². The molecular weight excluding hydrogens is 404 g/mol. The normalized spacial score (nSPS) is 18.1. The van der Waals surface area contributed by atoms with Crippen LogP contribution in [0.15, 0.2) is 48.5 Å². The number of aromatic amines is 2. The second-order valence-electron chi connectivity index (χ2n) is 9.41. The summed E-state index contributed by atoms with van der Waals surface area (Å²) in [6, 6.07) is 15.1. The summed E-state index contributed by atoms with van der Waals surface area (Å²) in [5.41, 5.74) is 3.03. The summed E-state index contributed by atoms with van der Waals surface area (Å²) in [6.07, 6.45) is 0. The van der Waals surface area contributed by atoms with Gasteiger partial charge in [-0.15, -0.1) is 0 Å². The number of fused-ring (bicyclic) bond motifs is 6. The minimum atomic E-state index is -0.717. The Morgan fingerprint density at radius 2 is 0.906 bits per heavy atom. The first-order chi connectivity index (χ1) is 15.1. The van der Waals surface area contributed by atoms with Crippen LogP contribution in [0.5, 0.6) is 0 Å². The fourth-order valence-electron chi connectivity index (χ4n) is 4.71. The van der Waals surface area contributed by atoms with Crippen LogP contribution in [-0.4, -0.2) is 33.1 Å². The van der Waals surface area contributed by atoms with Gasteiger partial charge in [0.15, 0.2) is 0 Å². The molecule has 2 aliphatic carbocycles. The number of carbonyl (C=O) groups is 4. The van der Waals surface area contributed by atoms with Gasteiger partial charge in [-0.25, -0.2) is 0 Å². The molecule has 0 atom stereocenters. The standard InChI is InChI=1S/2C13H11NO2/c2*1-13(2)11-9(10(15)12(13)16)7-5-3-4-6-8(7)14-11/h2*3-6,14H,1-2H3. The van der Waals surface area contributed by atoms with Crippen molar-refractivity contribution in [3.63, 3.8) is 0 Å². The van der Waals surface area contributed by atoms with E-state index in [-0.39, 0.29) is 23.1 Å². The number of carbonyl (C=O) groups excluding carboxylic acids is 4. The van der Waals surface area contributed by atoms with Crippen LogP contribution in [0.25, 0.3) is 21.8 Å². The minimum Gasteiger partial charge on any atom is -0.357 e. The Hall–Kier alpha value is -3.80. The van der Waals surface area contributed by atoms with E-state index < -0.39 is 10.8 Å². The van der Waals surface area contributed by atoms with Crippen molar-refractivity contribution < 1.29 is 19.2 Å². The summed E-state index contributed by atoms with van der Waals surface area (Å²) in [4.78, 5) is 53.8. The van der Waals surface area contributed by atoms with Crippen molar-refractivity contribution in [3.8, 4) is 0 Å². The van der Waals surface area contributed by atoms with Crippen LogP contribution in [0.4, 0.5) is 0 Å². The summed E-state index contributed by atoms with van der Waals surface area (Å²) in [5.74, 6) is -1.37. The SMILES string of the molecule is CC1(C)C(=O)C(=O)c2c1[nH]c1ccccc21.CC1(C)C(=O)C(=O)c2c1[nH]c1ccccc21. The molecule has 0 bridgehead atoms. The largest absolute Gasteiger partial charge is 0.357 e. The number of Topliss-reactive ketones (excluding diaryl/α,β-unsaturated/α-hetero) is 4. The summed E-state index contributed by atoms with van der Waals surface area (Å²) in [7, 11) is 0. The van der Waals surface area contributed by atoms with Gasteiger partial charge in [-0.1, -0.05) is 36.4 Å². The molecule has 6 nitrogen and oxygen atoms in total. The Labute approximate surface area is 184 Å². The monoisotopic (exact) mass is 426 g/mol. The van der Waals surface area contributed by atoms with Gasteiger partial charge >= 0.3 is 0 Å². The first-order valence-corrected chi connectivity index (χ1v) is 10.5. The summed E-state index contributed by atoms with van der Waals surface area (Å²) >= 11 is 0. The van der Waals surface area contributed by atoms with Crippen molar-refractivity contribution >= 4 is 44.9 Å². The van der Waals surface area contributed by atoms with Gasteiger partial charge in [-0.2, -0.15) is 0 Å². The van der Waals surface area contributed by atoms with E-state index in [4.69, 9.17) is 0 Å². The van der Waals surface area contributed by atoms with Crippen LogP contribution in [0, 0.1) is 0 Å². The fourth-order valence-corrected chi connectivity index (χ4v) is 4.71. The Bertz CT molecular complexity index is 1380. The predicted octanol–water partition coefficient (Wildman–Crippen LogP) is 4.42. The van der Waals surface area contributed by atoms with Crippen LogP contribution >= 0.6 is 0 Å². The van der Waals surface area contributed by atoms with E-state index in [1.165, 1.54) is 0 Å². The highest BCUT2D eigenvalue weighted by atomic mass is 16.2. The third-order valence-electron chi connectivity index (χ3n) is 6.66. The van der Waals surface area contributed by atoms with E-state index in [0.29, 0.717) is 11.1 Å². The first-order valence-electron chi connectivity index (χ1n) is 10.5. The minimum absolute atomic E-state index is 0.320. The molecule has 2 heterocycles. The Kier molecular flexibility index (Phi) is 4.00. The number of para-hydroxylation sites is 2. The maximum absolute atomic E-state index is 11.9. The maximum atomic E-state index is 11.9. The molecule has 2 aromatic heterocycles. The molecule has 2 N–H and O–H groups in total. The van der Waals surface area contributed by atoms with Gasteiger partial charge in [0.25, 0.3) is 0 Å². The molecule has 0 unspecified atom stereocenters. The van der Waals surface area contributed by atoms with Crippen LogP contribution in [0.1, 0.15) is 59.8 Å². The van der Waals surface area contributed by atoms with Crippen molar-refractivity contribution in [2.75, 3.05) is 0 Å². The molecule has 6 heteroatoms. The zero-order valence-corrected chi connectivity index (χ0v) is 18.3. The molecule has 2 aromatic carbocycles.